The van der Waals surface area contributed by atoms with E-state index in [1.165, 1.54) is 17.0 Å². The topological polar surface area (TPSA) is 34.0 Å². The summed E-state index contributed by atoms with van der Waals surface area (Å²) < 4.78 is 2.19. The van der Waals surface area contributed by atoms with E-state index in [0.717, 1.165) is 44.7 Å². The second kappa shape index (κ2) is 5.75. The molecule has 0 saturated heterocycles. The Morgan fingerprint density at radius 2 is 2.25 bits per heavy atom. The molecule has 0 spiro atoms. The van der Waals surface area contributed by atoms with Gasteiger partial charge in [0, 0.05) is 68.9 Å². The molecule has 3 heterocycles. The lowest BCUT2D eigenvalue weighted by Gasteiger charge is -2.28. The molecule has 0 N–H and O–H groups in total. The average molecular weight is 270 g/mol. The zero-order valence-corrected chi connectivity index (χ0v) is 12.3. The van der Waals surface area contributed by atoms with Crippen molar-refractivity contribution in [2.45, 2.75) is 39.3 Å². The van der Waals surface area contributed by atoms with Crippen molar-refractivity contribution in [3.63, 3.8) is 0 Å². The van der Waals surface area contributed by atoms with Crippen LogP contribution in [0.4, 0.5) is 0 Å². The van der Waals surface area contributed by atoms with E-state index in [1.54, 1.807) is 0 Å². The first-order valence-electron chi connectivity index (χ1n) is 7.42. The van der Waals surface area contributed by atoms with Crippen LogP contribution in [-0.2, 0) is 33.0 Å². The van der Waals surface area contributed by atoms with Crippen molar-refractivity contribution in [1.82, 2.24) is 19.4 Å². The lowest BCUT2D eigenvalue weighted by atomic mass is 10.1. The Hall–Kier alpha value is -1.68. The molecule has 2 aromatic heterocycles. The first kappa shape index (κ1) is 13.3. The van der Waals surface area contributed by atoms with Gasteiger partial charge in [0.05, 0.1) is 0 Å². The van der Waals surface area contributed by atoms with Crippen LogP contribution < -0.4 is 0 Å². The molecule has 0 amide bonds. The van der Waals surface area contributed by atoms with Gasteiger partial charge in [-0.3, -0.25) is 4.90 Å². The fourth-order valence-corrected chi connectivity index (χ4v) is 2.78. The number of aryl methyl sites for hydroxylation is 2. The Labute approximate surface area is 120 Å². The molecule has 0 atom stereocenters. The molecule has 4 nitrogen and oxygen atoms in total. The van der Waals surface area contributed by atoms with Crippen LogP contribution in [0.5, 0.6) is 0 Å². The van der Waals surface area contributed by atoms with E-state index >= 15 is 0 Å². The van der Waals surface area contributed by atoms with Crippen LogP contribution in [0.3, 0.4) is 0 Å². The molecule has 0 saturated carbocycles. The molecule has 0 fully saturated rings. The minimum absolute atomic E-state index is 0.965. The summed E-state index contributed by atoms with van der Waals surface area (Å²) in [6, 6.07) is 4.30. The lowest BCUT2D eigenvalue weighted by Crippen LogP contribution is -2.31. The van der Waals surface area contributed by atoms with Gasteiger partial charge in [-0.15, -0.1) is 0 Å². The highest BCUT2D eigenvalue weighted by atomic mass is 15.2. The van der Waals surface area contributed by atoms with Crippen molar-refractivity contribution in [3.8, 4) is 0 Å². The highest BCUT2D eigenvalue weighted by Gasteiger charge is 2.18. The molecule has 0 unspecified atom stereocenters. The highest BCUT2D eigenvalue weighted by Crippen LogP contribution is 2.18. The number of nitrogens with zero attached hydrogens (tertiary/aromatic N) is 4. The van der Waals surface area contributed by atoms with Crippen molar-refractivity contribution in [1.29, 1.82) is 0 Å². The van der Waals surface area contributed by atoms with Crippen LogP contribution in [0.15, 0.2) is 24.5 Å². The minimum Gasteiger partial charge on any atom is -0.353 e. The van der Waals surface area contributed by atoms with Crippen molar-refractivity contribution in [2.24, 2.45) is 7.05 Å². The first-order valence-corrected chi connectivity index (χ1v) is 7.42. The van der Waals surface area contributed by atoms with Gasteiger partial charge >= 0.3 is 0 Å². The first-order chi connectivity index (χ1) is 9.76. The van der Waals surface area contributed by atoms with Crippen molar-refractivity contribution >= 4 is 0 Å². The third-order valence-electron chi connectivity index (χ3n) is 3.97. The van der Waals surface area contributed by atoms with Crippen LogP contribution in [0.1, 0.15) is 36.1 Å². The van der Waals surface area contributed by atoms with E-state index in [1.807, 2.05) is 6.20 Å². The average Bonchev–Trinajstić information content (AvgIpc) is 2.85. The molecule has 0 bridgehead atoms. The van der Waals surface area contributed by atoms with E-state index in [0.29, 0.717) is 0 Å². The number of aromatic nitrogens is 3. The Bertz CT molecular complexity index is 588. The molecule has 1 aliphatic heterocycles. The smallest absolute Gasteiger partial charge is 0.128 e. The summed E-state index contributed by atoms with van der Waals surface area (Å²) in [5, 5.41) is 0. The van der Waals surface area contributed by atoms with Gasteiger partial charge in [-0.25, -0.2) is 9.97 Å². The maximum Gasteiger partial charge on any atom is 0.128 e. The van der Waals surface area contributed by atoms with Gasteiger partial charge in [-0.05, 0) is 18.6 Å². The number of hydrogen-bond donors (Lipinski definition) is 0. The fraction of sp³-hybridized carbons (Fsp3) is 0.500. The zero-order valence-electron chi connectivity index (χ0n) is 12.3. The highest BCUT2D eigenvalue weighted by molar-refractivity contribution is 5.21. The Morgan fingerprint density at radius 3 is 3.00 bits per heavy atom. The maximum absolute atomic E-state index is 4.71. The maximum atomic E-state index is 4.71. The van der Waals surface area contributed by atoms with Gasteiger partial charge in [0.15, 0.2) is 0 Å². The molecule has 0 radical (unpaired) electrons. The van der Waals surface area contributed by atoms with Crippen LogP contribution in [0.25, 0.3) is 0 Å². The van der Waals surface area contributed by atoms with E-state index < -0.39 is 0 Å². The predicted molar refractivity (Wildman–Crippen MR) is 79.3 cm³/mol. The molecule has 106 valence electrons. The minimum atomic E-state index is 0.965. The van der Waals surface area contributed by atoms with Gasteiger partial charge in [0.25, 0.3) is 0 Å². The molecule has 3 rings (SSSR count). The van der Waals surface area contributed by atoms with Gasteiger partial charge in [-0.1, -0.05) is 6.92 Å². The Morgan fingerprint density at radius 1 is 1.35 bits per heavy atom. The summed E-state index contributed by atoms with van der Waals surface area (Å²) in [6.45, 7) is 5.22. The van der Waals surface area contributed by atoms with Gasteiger partial charge in [0.2, 0.25) is 0 Å². The molecule has 0 aliphatic carbocycles. The molecule has 0 aromatic carbocycles. The molecular weight excluding hydrogens is 248 g/mol. The largest absolute Gasteiger partial charge is 0.353 e. The standard InChI is InChI=1S/C16H22N4/c1-3-5-16-17-10-13-11-20(9-7-15(13)18-16)12-14-6-4-8-19(14)2/h4,6,8,10H,3,5,7,9,11-12H2,1-2H3. The Balaban J connectivity index is 1.71. The van der Waals surface area contributed by atoms with Crippen molar-refractivity contribution in [3.05, 3.63) is 47.3 Å². The summed E-state index contributed by atoms with van der Waals surface area (Å²) in [5.74, 6) is 1.00. The summed E-state index contributed by atoms with van der Waals surface area (Å²) in [6.07, 6.45) is 7.27. The molecule has 4 heteroatoms. The quantitative estimate of drug-likeness (QED) is 0.855. The molecular formula is C16H22N4. The normalized spacial score (nSPS) is 15.3. The SMILES string of the molecule is CCCc1ncc2c(n1)CCN(Cc1cccn1C)C2. The second-order valence-electron chi connectivity index (χ2n) is 5.58. The van der Waals surface area contributed by atoms with Crippen molar-refractivity contribution in [2.75, 3.05) is 6.54 Å². The number of fused-ring (bicyclic) bond motifs is 1. The third kappa shape index (κ3) is 2.75. The van der Waals surface area contributed by atoms with Crippen molar-refractivity contribution < 1.29 is 0 Å². The summed E-state index contributed by atoms with van der Waals surface area (Å²) in [7, 11) is 2.10. The van der Waals surface area contributed by atoms with E-state index in [-0.39, 0.29) is 0 Å². The van der Waals surface area contributed by atoms with E-state index in [4.69, 9.17) is 4.98 Å². The zero-order chi connectivity index (χ0) is 13.9. The van der Waals surface area contributed by atoms with Crippen LogP contribution in [0, 0.1) is 0 Å². The third-order valence-corrected chi connectivity index (χ3v) is 3.97. The van der Waals surface area contributed by atoms with Gasteiger partial charge in [0.1, 0.15) is 5.82 Å². The monoisotopic (exact) mass is 270 g/mol. The predicted octanol–water partition coefficient (Wildman–Crippen LogP) is 2.33. The van der Waals surface area contributed by atoms with Crippen LogP contribution in [-0.4, -0.2) is 26.0 Å². The fourth-order valence-electron chi connectivity index (χ4n) is 2.78. The number of rotatable bonds is 4. The molecule has 2 aromatic rings. The Kier molecular flexibility index (Phi) is 3.83. The molecule has 20 heavy (non-hydrogen) atoms. The van der Waals surface area contributed by atoms with Gasteiger partial charge < -0.3 is 4.57 Å². The summed E-state index contributed by atoms with van der Waals surface area (Å²) >= 11 is 0. The van der Waals surface area contributed by atoms with Crippen LogP contribution in [0.2, 0.25) is 0 Å². The second-order valence-corrected chi connectivity index (χ2v) is 5.58. The van der Waals surface area contributed by atoms with E-state index in [9.17, 15) is 0 Å². The number of hydrogen-bond acceptors (Lipinski definition) is 3. The van der Waals surface area contributed by atoms with E-state index in [2.05, 4.69) is 46.8 Å². The van der Waals surface area contributed by atoms with Crippen LogP contribution >= 0.6 is 0 Å². The lowest BCUT2D eigenvalue weighted by molar-refractivity contribution is 0.237. The summed E-state index contributed by atoms with van der Waals surface area (Å²) in [4.78, 5) is 11.7. The summed E-state index contributed by atoms with van der Waals surface area (Å²) in [5.41, 5.74) is 3.91. The molecule has 1 aliphatic rings. The van der Waals surface area contributed by atoms with Gasteiger partial charge in [-0.2, -0.15) is 0 Å².